The number of nitrogens with one attached hydrogen (secondary N) is 1. The summed E-state index contributed by atoms with van der Waals surface area (Å²) >= 11 is 0. The molecule has 168 valence electrons. The van der Waals surface area contributed by atoms with Crippen molar-refractivity contribution in [1.82, 2.24) is 10.2 Å². The van der Waals surface area contributed by atoms with E-state index in [2.05, 4.69) is 10.1 Å². The predicted molar refractivity (Wildman–Crippen MR) is 116 cm³/mol. The van der Waals surface area contributed by atoms with Crippen LogP contribution < -0.4 is 5.32 Å². The number of rotatable bonds is 6. The largest absolute Gasteiger partial charge is 0.468 e. The van der Waals surface area contributed by atoms with Crippen LogP contribution in [0.15, 0.2) is 66.7 Å². The Morgan fingerprint density at radius 2 is 1.67 bits per heavy atom. The lowest BCUT2D eigenvalue weighted by Gasteiger charge is -2.25. The molecule has 8 heteroatoms. The van der Waals surface area contributed by atoms with Gasteiger partial charge in [0.1, 0.15) is 12.6 Å². The highest BCUT2D eigenvalue weighted by Gasteiger charge is 2.41. The topological polar surface area (TPSA) is 75.7 Å². The van der Waals surface area contributed by atoms with Crippen LogP contribution in [0.5, 0.6) is 0 Å². The van der Waals surface area contributed by atoms with Crippen LogP contribution in [-0.4, -0.2) is 36.3 Å². The van der Waals surface area contributed by atoms with E-state index in [1.54, 1.807) is 48.5 Å². The average molecular weight is 450 g/mol. The van der Waals surface area contributed by atoms with Crippen LogP contribution in [0.1, 0.15) is 27.5 Å². The van der Waals surface area contributed by atoms with Crippen LogP contribution >= 0.6 is 0 Å². The van der Waals surface area contributed by atoms with Crippen molar-refractivity contribution in [2.75, 3.05) is 13.7 Å². The third kappa shape index (κ3) is 4.32. The van der Waals surface area contributed by atoms with Crippen molar-refractivity contribution in [2.24, 2.45) is 0 Å². The summed E-state index contributed by atoms with van der Waals surface area (Å²) < 4.78 is 31.9. The van der Waals surface area contributed by atoms with Gasteiger partial charge in [-0.2, -0.15) is 0 Å². The van der Waals surface area contributed by atoms with E-state index in [1.807, 2.05) is 0 Å². The van der Waals surface area contributed by atoms with E-state index in [4.69, 9.17) is 0 Å². The van der Waals surface area contributed by atoms with Gasteiger partial charge in [0.15, 0.2) is 11.6 Å². The fraction of sp³-hybridized carbons (Fsp3) is 0.160. The summed E-state index contributed by atoms with van der Waals surface area (Å²) in [6, 6.07) is 16.4. The Morgan fingerprint density at radius 1 is 0.970 bits per heavy atom. The highest BCUT2D eigenvalue weighted by molar-refractivity contribution is 6.05. The standard InChI is InChI=1S/C25H20F2N2O4/c1-33-22(30)13-28-24(31)23-18-8-4-5-9-19(18)25(32)29(23)14-16-6-2-3-7-17(16)15-10-11-20(26)21(27)12-15/h2-12,23H,13-14H2,1H3,(H,28,31). The Balaban J connectivity index is 1.69. The van der Waals surface area contributed by atoms with Crippen LogP contribution in [0.4, 0.5) is 8.78 Å². The van der Waals surface area contributed by atoms with E-state index in [1.165, 1.54) is 18.1 Å². The van der Waals surface area contributed by atoms with Gasteiger partial charge in [-0.3, -0.25) is 14.4 Å². The van der Waals surface area contributed by atoms with Gasteiger partial charge in [-0.1, -0.05) is 48.5 Å². The summed E-state index contributed by atoms with van der Waals surface area (Å²) in [5.74, 6) is -3.42. The summed E-state index contributed by atoms with van der Waals surface area (Å²) in [7, 11) is 1.21. The number of carbonyl (C=O) groups excluding carboxylic acids is 3. The van der Waals surface area contributed by atoms with Crippen LogP contribution in [0.25, 0.3) is 11.1 Å². The zero-order valence-corrected chi connectivity index (χ0v) is 17.7. The lowest BCUT2D eigenvalue weighted by atomic mass is 9.98. The minimum absolute atomic E-state index is 0.0407. The Labute approximate surface area is 188 Å². The van der Waals surface area contributed by atoms with Crippen molar-refractivity contribution in [3.05, 3.63) is 95.1 Å². The molecule has 0 bridgehead atoms. The van der Waals surface area contributed by atoms with Crippen molar-refractivity contribution in [3.8, 4) is 11.1 Å². The van der Waals surface area contributed by atoms with Crippen molar-refractivity contribution >= 4 is 17.8 Å². The molecule has 0 saturated heterocycles. The van der Waals surface area contributed by atoms with E-state index in [0.29, 0.717) is 27.8 Å². The molecule has 0 saturated carbocycles. The van der Waals surface area contributed by atoms with Crippen LogP contribution in [-0.2, 0) is 20.9 Å². The Kier molecular flexibility index (Phi) is 6.17. The minimum Gasteiger partial charge on any atom is -0.468 e. The van der Waals surface area contributed by atoms with Gasteiger partial charge < -0.3 is 15.0 Å². The lowest BCUT2D eigenvalue weighted by Crippen LogP contribution is -2.40. The first kappa shape index (κ1) is 22.1. The summed E-state index contributed by atoms with van der Waals surface area (Å²) in [5, 5.41) is 2.51. The average Bonchev–Trinajstić information content (AvgIpc) is 3.11. The molecule has 3 aromatic carbocycles. The fourth-order valence-electron chi connectivity index (χ4n) is 3.93. The third-order valence-electron chi connectivity index (χ3n) is 5.53. The zero-order chi connectivity index (χ0) is 23.5. The molecule has 0 radical (unpaired) electrons. The maximum atomic E-state index is 13.9. The molecule has 1 N–H and O–H groups in total. The van der Waals surface area contributed by atoms with E-state index in [-0.39, 0.29) is 19.0 Å². The normalized spacial score (nSPS) is 14.7. The number of fused-ring (bicyclic) bond motifs is 1. The first-order valence-electron chi connectivity index (χ1n) is 10.2. The number of esters is 1. The smallest absolute Gasteiger partial charge is 0.325 e. The molecule has 1 unspecified atom stereocenters. The summed E-state index contributed by atoms with van der Waals surface area (Å²) in [6.45, 7) is -0.291. The fourth-order valence-corrected chi connectivity index (χ4v) is 3.93. The van der Waals surface area contributed by atoms with Gasteiger partial charge in [-0.05, 0) is 40.5 Å². The molecule has 0 aromatic heterocycles. The second kappa shape index (κ2) is 9.20. The minimum atomic E-state index is -0.980. The number of halogens is 2. The first-order valence-corrected chi connectivity index (χ1v) is 10.2. The van der Waals surface area contributed by atoms with Gasteiger partial charge in [-0.25, -0.2) is 8.78 Å². The van der Waals surface area contributed by atoms with E-state index < -0.39 is 29.6 Å². The molecule has 33 heavy (non-hydrogen) atoms. The van der Waals surface area contributed by atoms with Gasteiger partial charge in [0, 0.05) is 12.1 Å². The molecule has 1 aliphatic rings. The molecule has 6 nitrogen and oxygen atoms in total. The molecule has 4 rings (SSSR count). The van der Waals surface area contributed by atoms with Crippen molar-refractivity contribution in [2.45, 2.75) is 12.6 Å². The molecule has 0 spiro atoms. The predicted octanol–water partition coefficient (Wildman–Crippen LogP) is 3.62. The molecule has 1 aliphatic heterocycles. The summed E-state index contributed by atoms with van der Waals surface area (Å²) in [5.41, 5.74) is 2.61. The zero-order valence-electron chi connectivity index (χ0n) is 17.7. The van der Waals surface area contributed by atoms with Crippen molar-refractivity contribution < 1.29 is 27.9 Å². The second-order valence-corrected chi connectivity index (χ2v) is 7.50. The lowest BCUT2D eigenvalue weighted by molar-refractivity contribution is -0.141. The first-order chi connectivity index (χ1) is 15.9. The Hall–Kier alpha value is -4.07. The number of hydrogen-bond donors (Lipinski definition) is 1. The van der Waals surface area contributed by atoms with Gasteiger partial charge in [0.05, 0.1) is 7.11 Å². The number of hydrogen-bond acceptors (Lipinski definition) is 4. The van der Waals surface area contributed by atoms with Crippen molar-refractivity contribution in [3.63, 3.8) is 0 Å². The maximum absolute atomic E-state index is 13.9. The third-order valence-corrected chi connectivity index (χ3v) is 5.53. The monoisotopic (exact) mass is 450 g/mol. The molecule has 0 aliphatic carbocycles. The summed E-state index contributed by atoms with van der Waals surface area (Å²) in [6.07, 6.45) is 0. The van der Waals surface area contributed by atoms with Crippen LogP contribution in [0, 0.1) is 11.6 Å². The van der Waals surface area contributed by atoms with Gasteiger partial charge in [0.2, 0.25) is 5.91 Å². The van der Waals surface area contributed by atoms with Gasteiger partial charge >= 0.3 is 5.97 Å². The highest BCUT2D eigenvalue weighted by Crippen LogP contribution is 2.36. The van der Waals surface area contributed by atoms with Crippen molar-refractivity contribution in [1.29, 1.82) is 0 Å². The van der Waals surface area contributed by atoms with Crippen LogP contribution in [0.2, 0.25) is 0 Å². The highest BCUT2D eigenvalue weighted by atomic mass is 19.2. The van der Waals surface area contributed by atoms with E-state index >= 15 is 0 Å². The second-order valence-electron chi connectivity index (χ2n) is 7.50. The number of nitrogens with zero attached hydrogens (tertiary/aromatic N) is 1. The number of ether oxygens (including phenoxy) is 1. The number of benzene rings is 3. The van der Waals surface area contributed by atoms with E-state index in [0.717, 1.165) is 12.1 Å². The molecule has 0 fully saturated rings. The molecule has 1 atom stereocenters. The molecular formula is C25H20F2N2O4. The number of methoxy groups -OCH3 is 1. The molecule has 1 heterocycles. The van der Waals surface area contributed by atoms with E-state index in [9.17, 15) is 23.2 Å². The van der Waals surface area contributed by atoms with Crippen LogP contribution in [0.3, 0.4) is 0 Å². The van der Waals surface area contributed by atoms with Gasteiger partial charge in [0.25, 0.3) is 5.91 Å². The molecular weight excluding hydrogens is 430 g/mol. The Morgan fingerprint density at radius 3 is 2.39 bits per heavy atom. The maximum Gasteiger partial charge on any atom is 0.325 e. The Bertz CT molecular complexity index is 1240. The quantitative estimate of drug-likeness (QED) is 0.582. The SMILES string of the molecule is COC(=O)CNC(=O)C1c2ccccc2C(=O)N1Cc1ccccc1-c1ccc(F)c(F)c1. The number of carbonyl (C=O) groups is 3. The molecule has 3 aromatic rings. The van der Waals surface area contributed by atoms with Gasteiger partial charge in [-0.15, -0.1) is 0 Å². The molecule has 2 amide bonds. The number of amides is 2. The summed E-state index contributed by atoms with van der Waals surface area (Å²) in [4.78, 5) is 39.1.